The number of aromatic nitrogens is 2. The number of hydrogen-bond acceptors (Lipinski definition) is 5. The number of nitrogens with zero attached hydrogens (tertiary/aromatic N) is 2. The van der Waals surface area contributed by atoms with E-state index >= 15 is 0 Å². The Balaban J connectivity index is 2.13. The lowest BCUT2D eigenvalue weighted by Crippen LogP contribution is -2.32. The zero-order valence-electron chi connectivity index (χ0n) is 13.3. The van der Waals surface area contributed by atoms with Crippen LogP contribution in [0.1, 0.15) is 47.6 Å². The topological polar surface area (TPSA) is 68.0 Å². The molecule has 0 saturated heterocycles. The van der Waals surface area contributed by atoms with Crippen molar-refractivity contribution in [3.05, 3.63) is 40.9 Å². The molecule has 1 N–H and O–H groups in total. The Morgan fingerprint density at radius 1 is 1.45 bits per heavy atom. The van der Waals surface area contributed by atoms with Gasteiger partial charge in [0.2, 0.25) is 0 Å². The molecule has 0 fully saturated rings. The van der Waals surface area contributed by atoms with Gasteiger partial charge in [0.1, 0.15) is 10.8 Å². The second-order valence-electron chi connectivity index (χ2n) is 5.23. The third-order valence-corrected chi connectivity index (χ3v) is 4.57. The molecule has 6 heteroatoms. The van der Waals surface area contributed by atoms with Gasteiger partial charge in [-0.15, -0.1) is 11.8 Å². The smallest absolute Gasteiger partial charge is 0.254 e. The summed E-state index contributed by atoms with van der Waals surface area (Å²) in [4.78, 5) is 16.7. The van der Waals surface area contributed by atoms with Crippen molar-refractivity contribution in [2.24, 2.45) is 0 Å². The molecule has 2 heterocycles. The van der Waals surface area contributed by atoms with Crippen molar-refractivity contribution in [3.63, 3.8) is 0 Å². The molecule has 0 aromatic carbocycles. The highest BCUT2D eigenvalue weighted by Gasteiger charge is 2.16. The molecule has 22 heavy (non-hydrogen) atoms. The van der Waals surface area contributed by atoms with E-state index in [1.807, 2.05) is 27.7 Å². The summed E-state index contributed by atoms with van der Waals surface area (Å²) in [7, 11) is 0. The van der Waals surface area contributed by atoms with Crippen LogP contribution in [0.15, 0.2) is 27.9 Å². The standard InChI is InChI=1S/C16H21N3O2S/c1-5-10(2)18-15(20)13-7-6-8-17-16(13)22-9-14-11(3)19-21-12(14)4/h6-8,10H,5,9H2,1-4H3,(H,18,20). The van der Waals surface area contributed by atoms with E-state index in [-0.39, 0.29) is 11.9 Å². The molecule has 0 saturated carbocycles. The minimum absolute atomic E-state index is 0.0799. The summed E-state index contributed by atoms with van der Waals surface area (Å²) in [6.07, 6.45) is 2.60. The van der Waals surface area contributed by atoms with Gasteiger partial charge in [-0.1, -0.05) is 12.1 Å². The van der Waals surface area contributed by atoms with Gasteiger partial charge in [-0.25, -0.2) is 4.98 Å². The molecule has 2 rings (SSSR count). The molecular weight excluding hydrogens is 298 g/mol. The lowest BCUT2D eigenvalue weighted by molar-refractivity contribution is 0.0935. The molecule has 1 unspecified atom stereocenters. The first-order chi connectivity index (χ1) is 10.5. The molecule has 5 nitrogen and oxygen atoms in total. The van der Waals surface area contributed by atoms with E-state index in [1.54, 1.807) is 18.3 Å². The van der Waals surface area contributed by atoms with Crippen molar-refractivity contribution >= 4 is 17.7 Å². The predicted molar refractivity (Wildman–Crippen MR) is 87.0 cm³/mol. The Labute approximate surface area is 134 Å². The molecule has 2 aromatic rings. The first kappa shape index (κ1) is 16.5. The van der Waals surface area contributed by atoms with Crippen molar-refractivity contribution < 1.29 is 9.32 Å². The fourth-order valence-corrected chi connectivity index (χ4v) is 3.08. The van der Waals surface area contributed by atoms with Gasteiger partial charge in [-0.05, 0) is 39.3 Å². The van der Waals surface area contributed by atoms with Gasteiger partial charge in [-0.3, -0.25) is 4.79 Å². The highest BCUT2D eigenvalue weighted by atomic mass is 32.2. The van der Waals surface area contributed by atoms with Crippen molar-refractivity contribution in [1.29, 1.82) is 0 Å². The predicted octanol–water partition coefficient (Wildman–Crippen LogP) is 3.51. The first-order valence-electron chi connectivity index (χ1n) is 7.33. The number of rotatable bonds is 6. The van der Waals surface area contributed by atoms with Gasteiger partial charge in [0.15, 0.2) is 0 Å². The van der Waals surface area contributed by atoms with Crippen LogP contribution in [-0.2, 0) is 5.75 Å². The molecule has 0 bridgehead atoms. The van der Waals surface area contributed by atoms with E-state index in [4.69, 9.17) is 4.52 Å². The Morgan fingerprint density at radius 3 is 2.86 bits per heavy atom. The Bertz CT molecular complexity index is 635. The largest absolute Gasteiger partial charge is 0.361 e. The van der Waals surface area contributed by atoms with Gasteiger partial charge in [0, 0.05) is 23.6 Å². The lowest BCUT2D eigenvalue weighted by Gasteiger charge is -2.13. The van der Waals surface area contributed by atoms with Gasteiger partial charge >= 0.3 is 0 Å². The first-order valence-corrected chi connectivity index (χ1v) is 8.31. The number of carbonyl (C=O) groups is 1. The molecule has 0 spiro atoms. The molecule has 0 aliphatic heterocycles. The van der Waals surface area contributed by atoms with Crippen molar-refractivity contribution in [1.82, 2.24) is 15.5 Å². The summed E-state index contributed by atoms with van der Waals surface area (Å²) in [5.41, 5.74) is 2.55. The maximum absolute atomic E-state index is 12.3. The summed E-state index contributed by atoms with van der Waals surface area (Å²) in [5, 5.41) is 7.65. The van der Waals surface area contributed by atoms with Crippen LogP contribution in [0.4, 0.5) is 0 Å². The summed E-state index contributed by atoms with van der Waals surface area (Å²) >= 11 is 1.52. The number of aryl methyl sites for hydroxylation is 2. The molecular formula is C16H21N3O2S. The maximum atomic E-state index is 12.3. The number of carbonyl (C=O) groups excluding carboxylic acids is 1. The SMILES string of the molecule is CCC(C)NC(=O)c1cccnc1SCc1c(C)noc1C. The quantitative estimate of drug-likeness (QED) is 0.825. The maximum Gasteiger partial charge on any atom is 0.254 e. The molecule has 0 radical (unpaired) electrons. The van der Waals surface area contributed by atoms with E-state index < -0.39 is 0 Å². The van der Waals surface area contributed by atoms with Gasteiger partial charge < -0.3 is 9.84 Å². The van der Waals surface area contributed by atoms with Crippen LogP contribution in [0.2, 0.25) is 0 Å². The van der Waals surface area contributed by atoms with Crippen LogP contribution in [0, 0.1) is 13.8 Å². The van der Waals surface area contributed by atoms with E-state index in [1.165, 1.54) is 11.8 Å². The average molecular weight is 319 g/mol. The Morgan fingerprint density at radius 2 is 2.23 bits per heavy atom. The Kier molecular flexibility index (Phi) is 5.60. The van der Waals surface area contributed by atoms with E-state index in [2.05, 4.69) is 15.5 Å². The summed E-state index contributed by atoms with van der Waals surface area (Å²) in [5.74, 6) is 1.41. The average Bonchev–Trinajstić information content (AvgIpc) is 2.84. The summed E-state index contributed by atoms with van der Waals surface area (Å²) in [6, 6.07) is 3.74. The molecule has 1 amide bonds. The van der Waals surface area contributed by atoms with E-state index in [9.17, 15) is 4.79 Å². The second kappa shape index (κ2) is 7.45. The second-order valence-corrected chi connectivity index (χ2v) is 6.19. The third kappa shape index (κ3) is 3.88. The number of thioether (sulfide) groups is 1. The fourth-order valence-electron chi connectivity index (χ4n) is 1.93. The minimum Gasteiger partial charge on any atom is -0.361 e. The van der Waals surface area contributed by atoms with Crippen LogP contribution in [0.5, 0.6) is 0 Å². The van der Waals surface area contributed by atoms with Crippen molar-refractivity contribution in [3.8, 4) is 0 Å². The zero-order valence-corrected chi connectivity index (χ0v) is 14.2. The number of pyridine rings is 1. The van der Waals surface area contributed by atoms with Gasteiger partial charge in [-0.2, -0.15) is 0 Å². The fraction of sp³-hybridized carbons (Fsp3) is 0.438. The van der Waals surface area contributed by atoms with Gasteiger partial charge in [0.25, 0.3) is 5.91 Å². The molecule has 0 aliphatic rings. The van der Waals surface area contributed by atoms with Gasteiger partial charge in [0.05, 0.1) is 11.3 Å². The number of nitrogens with one attached hydrogen (secondary N) is 1. The Hall–Kier alpha value is -1.82. The molecule has 0 aliphatic carbocycles. The minimum atomic E-state index is -0.0799. The van der Waals surface area contributed by atoms with E-state index in [0.717, 1.165) is 28.5 Å². The summed E-state index contributed by atoms with van der Waals surface area (Å²) in [6.45, 7) is 7.85. The molecule has 118 valence electrons. The highest BCUT2D eigenvalue weighted by Crippen LogP contribution is 2.27. The van der Waals surface area contributed by atoms with Crippen LogP contribution in [0.25, 0.3) is 0 Å². The molecule has 2 aromatic heterocycles. The third-order valence-electron chi connectivity index (χ3n) is 3.54. The summed E-state index contributed by atoms with van der Waals surface area (Å²) < 4.78 is 5.17. The zero-order chi connectivity index (χ0) is 16.1. The van der Waals surface area contributed by atoms with Crippen molar-refractivity contribution in [2.45, 2.75) is 50.9 Å². The van der Waals surface area contributed by atoms with Crippen LogP contribution in [0.3, 0.4) is 0 Å². The highest BCUT2D eigenvalue weighted by molar-refractivity contribution is 7.98. The lowest BCUT2D eigenvalue weighted by atomic mass is 10.2. The molecule has 1 atom stereocenters. The van der Waals surface area contributed by atoms with Crippen molar-refractivity contribution in [2.75, 3.05) is 0 Å². The van der Waals surface area contributed by atoms with Crippen LogP contribution < -0.4 is 5.32 Å². The van der Waals surface area contributed by atoms with Crippen LogP contribution >= 0.6 is 11.8 Å². The monoisotopic (exact) mass is 319 g/mol. The van der Waals surface area contributed by atoms with E-state index in [0.29, 0.717) is 11.3 Å². The normalized spacial score (nSPS) is 12.2. The van der Waals surface area contributed by atoms with Crippen LogP contribution in [-0.4, -0.2) is 22.1 Å². The number of amides is 1. The number of hydrogen-bond donors (Lipinski definition) is 1.